The molecule has 27 heavy (non-hydrogen) atoms. The van der Waals surface area contributed by atoms with Crippen molar-refractivity contribution in [3.8, 4) is 0 Å². The van der Waals surface area contributed by atoms with Gasteiger partial charge in [0.2, 0.25) is 15.9 Å². The molecule has 9 heteroatoms. The zero-order valence-electron chi connectivity index (χ0n) is 15.7. The van der Waals surface area contributed by atoms with E-state index in [0.29, 0.717) is 44.0 Å². The average molecular weight is 412 g/mol. The number of sulfonamides is 1. The minimum absolute atomic E-state index is 0.0504. The molecule has 0 bridgehead atoms. The van der Waals surface area contributed by atoms with Crippen LogP contribution >= 0.6 is 11.3 Å². The molecule has 0 unspecified atom stereocenters. The smallest absolute Gasteiger partial charge is 0.257 e. The predicted octanol–water partition coefficient (Wildman–Crippen LogP) is 1.67. The summed E-state index contributed by atoms with van der Waals surface area (Å²) in [7, 11) is -1.62. The summed E-state index contributed by atoms with van der Waals surface area (Å²) in [4.78, 5) is 29.9. The van der Waals surface area contributed by atoms with Crippen LogP contribution in [0.1, 0.15) is 47.0 Å². The van der Waals surface area contributed by atoms with E-state index in [1.165, 1.54) is 20.5 Å². The Labute approximate surface area is 164 Å². The van der Waals surface area contributed by atoms with E-state index in [1.807, 2.05) is 6.92 Å². The van der Waals surface area contributed by atoms with Gasteiger partial charge < -0.3 is 9.80 Å². The van der Waals surface area contributed by atoms with Crippen LogP contribution in [0.2, 0.25) is 0 Å². The Morgan fingerprint density at radius 1 is 1.19 bits per heavy atom. The number of anilines is 1. The average Bonchev–Trinajstić information content (AvgIpc) is 3.37. The second-order valence-corrected chi connectivity index (χ2v) is 10.9. The largest absolute Gasteiger partial charge is 0.332 e. The number of carbonyl (C=O) groups is 2. The van der Waals surface area contributed by atoms with Crippen molar-refractivity contribution in [2.24, 2.45) is 5.92 Å². The monoisotopic (exact) mass is 411 g/mol. The lowest BCUT2D eigenvalue weighted by atomic mass is 10.0. The summed E-state index contributed by atoms with van der Waals surface area (Å²) in [5.74, 6) is 0.479. The summed E-state index contributed by atoms with van der Waals surface area (Å²) in [5, 5.41) is 0.723. The van der Waals surface area contributed by atoms with Crippen molar-refractivity contribution in [2.75, 3.05) is 37.3 Å². The van der Waals surface area contributed by atoms with Crippen molar-refractivity contribution in [1.29, 1.82) is 0 Å². The molecule has 0 N–H and O–H groups in total. The maximum Gasteiger partial charge on any atom is 0.257 e. The quantitative estimate of drug-likeness (QED) is 0.738. The van der Waals surface area contributed by atoms with E-state index < -0.39 is 10.0 Å². The molecule has 0 radical (unpaired) electrons. The van der Waals surface area contributed by atoms with Gasteiger partial charge in [0.05, 0.1) is 11.3 Å². The van der Waals surface area contributed by atoms with Crippen molar-refractivity contribution in [2.45, 2.75) is 39.2 Å². The summed E-state index contributed by atoms with van der Waals surface area (Å²) in [6.45, 7) is 3.31. The SMILES string of the molecule is CCCS(=O)(=O)N1CCc2c(sc3c2C(=O)N(C)CC(=O)N3CC2CC2)C1. The Kier molecular flexibility index (Phi) is 4.80. The van der Waals surface area contributed by atoms with Crippen LogP contribution in [0.3, 0.4) is 0 Å². The van der Waals surface area contributed by atoms with Gasteiger partial charge in [0.1, 0.15) is 11.5 Å². The zero-order valence-corrected chi connectivity index (χ0v) is 17.4. The molecule has 1 aromatic rings. The fourth-order valence-electron chi connectivity index (χ4n) is 3.81. The standard InChI is InChI=1S/C18H25N3O4S2/c1-3-8-27(24,25)20-7-6-13-14(10-20)26-18-16(13)17(23)19(2)11-15(22)21(18)9-12-4-5-12/h12H,3-11H2,1-2H3. The number of amides is 2. The molecule has 1 aliphatic carbocycles. The third-order valence-corrected chi connectivity index (χ3v) is 8.74. The van der Waals surface area contributed by atoms with E-state index in [-0.39, 0.29) is 24.1 Å². The van der Waals surface area contributed by atoms with Gasteiger partial charge in [-0.05, 0) is 37.2 Å². The Bertz CT molecular complexity index is 889. The molecule has 1 fully saturated rings. The lowest BCUT2D eigenvalue weighted by molar-refractivity contribution is -0.119. The van der Waals surface area contributed by atoms with E-state index in [2.05, 4.69) is 0 Å². The van der Waals surface area contributed by atoms with Crippen molar-refractivity contribution in [1.82, 2.24) is 9.21 Å². The molecule has 1 saturated carbocycles. The van der Waals surface area contributed by atoms with Crippen LogP contribution in [0, 0.1) is 5.92 Å². The molecule has 2 aliphatic heterocycles. The topological polar surface area (TPSA) is 78.0 Å². The van der Waals surface area contributed by atoms with Crippen LogP contribution in [0.5, 0.6) is 0 Å². The van der Waals surface area contributed by atoms with Crippen LogP contribution in [-0.4, -0.2) is 61.9 Å². The van der Waals surface area contributed by atoms with Crippen molar-refractivity contribution >= 4 is 38.2 Å². The third-order valence-electron chi connectivity index (χ3n) is 5.48. The first-order valence-electron chi connectivity index (χ1n) is 9.50. The van der Waals surface area contributed by atoms with Crippen LogP contribution in [0.25, 0.3) is 0 Å². The van der Waals surface area contributed by atoms with Gasteiger partial charge in [-0.2, -0.15) is 4.31 Å². The minimum atomic E-state index is -3.28. The van der Waals surface area contributed by atoms with Gasteiger partial charge in [0, 0.05) is 31.6 Å². The normalized spacial score (nSPS) is 21.3. The van der Waals surface area contributed by atoms with Crippen molar-refractivity contribution < 1.29 is 18.0 Å². The van der Waals surface area contributed by atoms with Crippen LogP contribution in [0.4, 0.5) is 5.00 Å². The Hall–Kier alpha value is -1.45. The van der Waals surface area contributed by atoms with Crippen molar-refractivity contribution in [3.05, 3.63) is 16.0 Å². The first-order chi connectivity index (χ1) is 12.8. The van der Waals surface area contributed by atoms with Gasteiger partial charge in [-0.1, -0.05) is 6.92 Å². The second-order valence-electron chi connectivity index (χ2n) is 7.69. The lowest BCUT2D eigenvalue weighted by Gasteiger charge is -2.26. The van der Waals surface area contributed by atoms with Gasteiger partial charge in [-0.15, -0.1) is 11.3 Å². The predicted molar refractivity (Wildman–Crippen MR) is 105 cm³/mol. The van der Waals surface area contributed by atoms with Gasteiger partial charge in [-0.3, -0.25) is 9.59 Å². The van der Waals surface area contributed by atoms with E-state index in [1.54, 1.807) is 11.9 Å². The van der Waals surface area contributed by atoms with Gasteiger partial charge in [-0.25, -0.2) is 8.42 Å². The molecule has 3 heterocycles. The number of likely N-dealkylation sites (N-methyl/N-ethyl adjacent to an activating group) is 1. The van der Waals surface area contributed by atoms with Gasteiger partial charge >= 0.3 is 0 Å². The molecule has 0 atom stereocenters. The molecule has 3 aliphatic rings. The molecule has 148 valence electrons. The highest BCUT2D eigenvalue weighted by atomic mass is 32.2. The zero-order chi connectivity index (χ0) is 19.3. The van der Waals surface area contributed by atoms with E-state index in [9.17, 15) is 18.0 Å². The fraction of sp³-hybridized carbons (Fsp3) is 0.667. The van der Waals surface area contributed by atoms with Crippen LogP contribution < -0.4 is 4.90 Å². The Morgan fingerprint density at radius 3 is 2.59 bits per heavy atom. The highest BCUT2D eigenvalue weighted by Crippen LogP contribution is 2.43. The summed E-state index contributed by atoms with van der Waals surface area (Å²) in [6.07, 6.45) is 3.35. The molecular weight excluding hydrogens is 386 g/mol. The molecule has 0 aromatic carbocycles. The molecular formula is C18H25N3O4S2. The second kappa shape index (κ2) is 6.86. The minimum Gasteiger partial charge on any atom is -0.332 e. The lowest BCUT2D eigenvalue weighted by Crippen LogP contribution is -2.39. The van der Waals surface area contributed by atoms with Gasteiger partial charge in [0.25, 0.3) is 5.91 Å². The van der Waals surface area contributed by atoms with Crippen molar-refractivity contribution in [3.63, 3.8) is 0 Å². The number of rotatable bonds is 5. The summed E-state index contributed by atoms with van der Waals surface area (Å²) < 4.78 is 26.5. The van der Waals surface area contributed by atoms with E-state index >= 15 is 0 Å². The molecule has 7 nitrogen and oxygen atoms in total. The van der Waals surface area contributed by atoms with E-state index in [4.69, 9.17) is 0 Å². The highest BCUT2D eigenvalue weighted by molar-refractivity contribution is 7.89. The Balaban J connectivity index is 1.73. The number of fused-ring (bicyclic) bond motifs is 3. The van der Waals surface area contributed by atoms with Gasteiger partial charge in [0.15, 0.2) is 0 Å². The highest BCUT2D eigenvalue weighted by Gasteiger charge is 2.39. The molecule has 2 amide bonds. The first kappa shape index (κ1) is 18.9. The third kappa shape index (κ3) is 3.40. The Morgan fingerprint density at radius 2 is 1.93 bits per heavy atom. The summed E-state index contributed by atoms with van der Waals surface area (Å²) in [6, 6.07) is 0. The maximum absolute atomic E-state index is 13.0. The number of thiophene rings is 1. The molecule has 0 spiro atoms. The molecule has 0 saturated heterocycles. The number of nitrogens with zero attached hydrogens (tertiary/aromatic N) is 3. The number of carbonyl (C=O) groups excluding carboxylic acids is 2. The molecule has 4 rings (SSSR count). The summed E-state index contributed by atoms with van der Waals surface area (Å²) >= 11 is 1.43. The first-order valence-corrected chi connectivity index (χ1v) is 11.9. The maximum atomic E-state index is 13.0. The summed E-state index contributed by atoms with van der Waals surface area (Å²) in [5.41, 5.74) is 1.56. The van der Waals surface area contributed by atoms with E-state index in [0.717, 1.165) is 28.3 Å². The number of hydrogen-bond acceptors (Lipinski definition) is 5. The van der Waals surface area contributed by atoms with Crippen LogP contribution in [-0.2, 0) is 27.8 Å². The number of hydrogen-bond donors (Lipinski definition) is 0. The van der Waals surface area contributed by atoms with Crippen LogP contribution in [0.15, 0.2) is 0 Å². The fourth-order valence-corrected chi connectivity index (χ4v) is 6.74. The molecule has 1 aromatic heterocycles.